The highest BCUT2D eigenvalue weighted by Crippen LogP contribution is 2.22. The quantitative estimate of drug-likeness (QED) is 0.937. The van der Waals surface area contributed by atoms with Gasteiger partial charge in [0.15, 0.2) is 0 Å². The lowest BCUT2D eigenvalue weighted by Gasteiger charge is -2.31. The van der Waals surface area contributed by atoms with Crippen LogP contribution in [0.3, 0.4) is 0 Å². The minimum atomic E-state index is 0.835. The Morgan fingerprint density at radius 2 is 2.00 bits per heavy atom. The monoisotopic (exact) mass is 283 g/mol. The van der Waals surface area contributed by atoms with E-state index in [9.17, 15) is 0 Å². The molecule has 0 bridgehead atoms. The number of hydrogen-bond donors (Lipinski definition) is 1. The molecule has 21 heavy (non-hydrogen) atoms. The van der Waals surface area contributed by atoms with Gasteiger partial charge >= 0.3 is 0 Å². The Kier molecular flexibility index (Phi) is 4.51. The average molecular weight is 283 g/mol. The highest BCUT2D eigenvalue weighted by atomic mass is 15.1. The summed E-state index contributed by atoms with van der Waals surface area (Å²) < 4.78 is 0. The topological polar surface area (TPSA) is 42.1 Å². The molecule has 0 amide bonds. The molecule has 0 spiro atoms. The Bertz CT molecular complexity index is 600. The SMILES string of the molecule is Cc1ccc2cc(CN3CCC(CCN)CC3)ccc2n1. The molecule has 1 aromatic carbocycles. The molecule has 112 valence electrons. The number of likely N-dealkylation sites (tertiary alicyclic amines) is 1. The fourth-order valence-corrected chi connectivity index (χ4v) is 3.30. The molecular weight excluding hydrogens is 258 g/mol. The number of pyridine rings is 1. The van der Waals surface area contributed by atoms with Gasteiger partial charge in [0.1, 0.15) is 0 Å². The number of fused-ring (bicyclic) bond motifs is 1. The Morgan fingerprint density at radius 3 is 2.76 bits per heavy atom. The van der Waals surface area contributed by atoms with Crippen molar-refractivity contribution in [1.82, 2.24) is 9.88 Å². The Labute approximate surface area is 127 Å². The number of aryl methyl sites for hydroxylation is 1. The van der Waals surface area contributed by atoms with Crippen LogP contribution in [0.1, 0.15) is 30.5 Å². The molecule has 3 rings (SSSR count). The van der Waals surface area contributed by atoms with Gasteiger partial charge in [-0.2, -0.15) is 0 Å². The molecular formula is C18H25N3. The zero-order valence-corrected chi connectivity index (χ0v) is 12.9. The highest BCUT2D eigenvalue weighted by Gasteiger charge is 2.18. The fraction of sp³-hybridized carbons (Fsp3) is 0.500. The van der Waals surface area contributed by atoms with Gasteiger partial charge in [-0.3, -0.25) is 9.88 Å². The van der Waals surface area contributed by atoms with E-state index in [1.54, 1.807) is 0 Å². The molecule has 2 N–H and O–H groups in total. The number of nitrogens with two attached hydrogens (primary N) is 1. The van der Waals surface area contributed by atoms with Crippen LogP contribution in [0.5, 0.6) is 0 Å². The van der Waals surface area contributed by atoms with Crippen LogP contribution in [0.25, 0.3) is 10.9 Å². The molecule has 1 fully saturated rings. The first-order valence-corrected chi connectivity index (χ1v) is 8.03. The standard InChI is InChI=1S/C18H25N3/c1-14-2-4-17-12-16(3-5-18(17)20-14)13-21-10-7-15(6-9-19)8-11-21/h2-5,12,15H,6-11,13,19H2,1H3. The summed E-state index contributed by atoms with van der Waals surface area (Å²) in [5, 5.41) is 1.25. The summed E-state index contributed by atoms with van der Waals surface area (Å²) in [4.78, 5) is 7.13. The molecule has 1 aliphatic rings. The zero-order chi connectivity index (χ0) is 14.7. The van der Waals surface area contributed by atoms with E-state index in [1.165, 1.54) is 43.3 Å². The molecule has 3 nitrogen and oxygen atoms in total. The van der Waals surface area contributed by atoms with Gasteiger partial charge in [0, 0.05) is 17.6 Å². The molecule has 0 saturated carbocycles. The second kappa shape index (κ2) is 6.54. The van der Waals surface area contributed by atoms with Gasteiger partial charge in [0.05, 0.1) is 5.52 Å². The van der Waals surface area contributed by atoms with Gasteiger partial charge in [-0.1, -0.05) is 12.1 Å². The first-order chi connectivity index (χ1) is 10.2. The van der Waals surface area contributed by atoms with Crippen LogP contribution < -0.4 is 5.73 Å². The van der Waals surface area contributed by atoms with Crippen LogP contribution in [-0.4, -0.2) is 29.5 Å². The number of hydrogen-bond acceptors (Lipinski definition) is 3. The second-order valence-corrected chi connectivity index (χ2v) is 6.28. The molecule has 0 unspecified atom stereocenters. The normalized spacial score (nSPS) is 17.4. The van der Waals surface area contributed by atoms with Crippen molar-refractivity contribution in [1.29, 1.82) is 0 Å². The summed E-state index contributed by atoms with van der Waals surface area (Å²) in [6.07, 6.45) is 3.78. The largest absolute Gasteiger partial charge is 0.330 e. The highest BCUT2D eigenvalue weighted by molar-refractivity contribution is 5.79. The van der Waals surface area contributed by atoms with Gasteiger partial charge in [-0.15, -0.1) is 0 Å². The van der Waals surface area contributed by atoms with Gasteiger partial charge < -0.3 is 5.73 Å². The minimum absolute atomic E-state index is 0.835. The molecule has 0 atom stereocenters. The number of rotatable bonds is 4. The average Bonchev–Trinajstić information content (AvgIpc) is 2.50. The van der Waals surface area contributed by atoms with Crippen molar-refractivity contribution < 1.29 is 0 Å². The van der Waals surface area contributed by atoms with E-state index >= 15 is 0 Å². The second-order valence-electron chi connectivity index (χ2n) is 6.28. The Balaban J connectivity index is 1.64. The summed E-state index contributed by atoms with van der Waals surface area (Å²) in [5.41, 5.74) is 9.23. The molecule has 2 heterocycles. The van der Waals surface area contributed by atoms with Crippen molar-refractivity contribution in [2.75, 3.05) is 19.6 Å². The molecule has 2 aromatic rings. The lowest BCUT2D eigenvalue weighted by molar-refractivity contribution is 0.173. The third-order valence-electron chi connectivity index (χ3n) is 4.58. The fourth-order valence-electron chi connectivity index (χ4n) is 3.30. The van der Waals surface area contributed by atoms with Crippen molar-refractivity contribution in [3.8, 4) is 0 Å². The van der Waals surface area contributed by atoms with Crippen LogP contribution in [0.4, 0.5) is 0 Å². The lowest BCUT2D eigenvalue weighted by Crippen LogP contribution is -2.33. The van der Waals surface area contributed by atoms with Crippen molar-refractivity contribution in [3.63, 3.8) is 0 Å². The summed E-state index contributed by atoms with van der Waals surface area (Å²) in [6.45, 7) is 6.34. The Hall–Kier alpha value is -1.45. The summed E-state index contributed by atoms with van der Waals surface area (Å²) >= 11 is 0. The van der Waals surface area contributed by atoms with E-state index in [1.807, 2.05) is 6.92 Å². The van der Waals surface area contributed by atoms with Crippen LogP contribution in [0.2, 0.25) is 0 Å². The minimum Gasteiger partial charge on any atom is -0.330 e. The van der Waals surface area contributed by atoms with Crippen molar-refractivity contribution in [3.05, 3.63) is 41.6 Å². The number of aromatic nitrogens is 1. The number of benzene rings is 1. The van der Waals surface area contributed by atoms with E-state index in [0.717, 1.165) is 30.2 Å². The van der Waals surface area contributed by atoms with Gasteiger partial charge in [0.25, 0.3) is 0 Å². The van der Waals surface area contributed by atoms with Crippen molar-refractivity contribution in [2.24, 2.45) is 11.7 Å². The number of piperidine rings is 1. The summed E-state index contributed by atoms with van der Waals surface area (Å²) in [5.74, 6) is 0.843. The van der Waals surface area contributed by atoms with Gasteiger partial charge in [0.2, 0.25) is 0 Å². The molecule has 1 aromatic heterocycles. The third-order valence-corrected chi connectivity index (χ3v) is 4.58. The van der Waals surface area contributed by atoms with Crippen LogP contribution in [-0.2, 0) is 6.54 Å². The maximum absolute atomic E-state index is 5.66. The van der Waals surface area contributed by atoms with E-state index in [-0.39, 0.29) is 0 Å². The Morgan fingerprint density at radius 1 is 1.19 bits per heavy atom. The van der Waals surface area contributed by atoms with Crippen LogP contribution in [0.15, 0.2) is 30.3 Å². The predicted octanol–water partition coefficient (Wildman–Crippen LogP) is 3.10. The number of nitrogens with zero attached hydrogens (tertiary/aromatic N) is 2. The molecule has 3 heteroatoms. The van der Waals surface area contributed by atoms with Crippen LogP contribution >= 0.6 is 0 Å². The van der Waals surface area contributed by atoms with Gasteiger partial charge in [-0.05, 0) is 75.5 Å². The maximum atomic E-state index is 5.66. The zero-order valence-electron chi connectivity index (χ0n) is 12.9. The van der Waals surface area contributed by atoms with E-state index in [4.69, 9.17) is 5.73 Å². The predicted molar refractivity (Wildman–Crippen MR) is 88.2 cm³/mol. The summed E-state index contributed by atoms with van der Waals surface area (Å²) in [7, 11) is 0. The van der Waals surface area contributed by atoms with Crippen molar-refractivity contribution in [2.45, 2.75) is 32.7 Å². The first kappa shape index (κ1) is 14.5. The van der Waals surface area contributed by atoms with E-state index in [0.29, 0.717) is 0 Å². The van der Waals surface area contributed by atoms with Gasteiger partial charge in [-0.25, -0.2) is 0 Å². The molecule has 1 aliphatic heterocycles. The first-order valence-electron chi connectivity index (χ1n) is 8.03. The molecule has 0 aliphatic carbocycles. The molecule has 1 saturated heterocycles. The molecule has 0 radical (unpaired) electrons. The van der Waals surface area contributed by atoms with Crippen molar-refractivity contribution >= 4 is 10.9 Å². The summed E-state index contributed by atoms with van der Waals surface area (Å²) in [6, 6.07) is 10.9. The van der Waals surface area contributed by atoms with E-state index in [2.05, 4.69) is 40.2 Å². The smallest absolute Gasteiger partial charge is 0.0705 e. The van der Waals surface area contributed by atoms with E-state index < -0.39 is 0 Å². The maximum Gasteiger partial charge on any atom is 0.0705 e. The third kappa shape index (κ3) is 3.60. The van der Waals surface area contributed by atoms with Crippen LogP contribution in [0, 0.1) is 12.8 Å². The lowest BCUT2D eigenvalue weighted by atomic mass is 9.93.